The van der Waals surface area contributed by atoms with Crippen LogP contribution in [0, 0.1) is 0 Å². The summed E-state index contributed by atoms with van der Waals surface area (Å²) in [6.07, 6.45) is -2.17. The van der Waals surface area contributed by atoms with Gasteiger partial charge in [0.1, 0.15) is 30.7 Å². The molecule has 2 aromatic carbocycles. The summed E-state index contributed by atoms with van der Waals surface area (Å²) in [6.45, 7) is 1.66. The molecule has 2 saturated heterocycles. The molecule has 44 heavy (non-hydrogen) atoms. The second-order valence-corrected chi connectivity index (χ2v) is 12.0. The van der Waals surface area contributed by atoms with E-state index in [9.17, 15) is 24.3 Å². The SMILES string of the molecule is C[C@H](NOCc1ccccc1)C(=O)Nc1ncnc2c1ncn2[C@@H]1O[C@]2(C(OP(=O)(O)O)c3ccc(Cl)cc3)CO[C@@H]1[C@@H]2O. The third kappa shape index (κ3) is 5.99. The molecule has 2 aliphatic rings. The van der Waals surface area contributed by atoms with Crippen LogP contribution in [0.4, 0.5) is 5.82 Å². The summed E-state index contributed by atoms with van der Waals surface area (Å²) in [7, 11) is -5.06. The molecule has 0 saturated carbocycles. The molecule has 15 nitrogen and oxygen atoms in total. The molecule has 4 heterocycles. The quantitative estimate of drug-likeness (QED) is 0.118. The molecule has 1 amide bonds. The number of ether oxygens (including phenoxy) is 2. The number of halogens is 1. The Hall–Kier alpha value is -3.34. The number of carbonyl (C=O) groups is 1. The number of anilines is 1. The normalized spacial score (nSPS) is 24.4. The first kappa shape index (κ1) is 30.7. The molecular weight excluding hydrogens is 619 g/mol. The van der Waals surface area contributed by atoms with Gasteiger partial charge in [-0.05, 0) is 30.2 Å². The van der Waals surface area contributed by atoms with Crippen molar-refractivity contribution in [3.05, 3.63) is 83.4 Å². The maximum absolute atomic E-state index is 12.9. The highest BCUT2D eigenvalue weighted by Gasteiger charge is 2.66. The van der Waals surface area contributed by atoms with Gasteiger partial charge in [0.15, 0.2) is 28.8 Å². The van der Waals surface area contributed by atoms with E-state index in [1.54, 1.807) is 6.92 Å². The van der Waals surface area contributed by atoms with Crippen LogP contribution in [0.1, 0.15) is 30.4 Å². The molecule has 5 N–H and O–H groups in total. The number of aromatic nitrogens is 4. The number of imidazole rings is 1. The Kier molecular flexibility index (Phi) is 8.52. The number of phosphoric acid groups is 1. The Morgan fingerprint density at radius 2 is 1.93 bits per heavy atom. The highest BCUT2D eigenvalue weighted by molar-refractivity contribution is 7.46. The number of benzene rings is 2. The molecule has 6 atom stereocenters. The Balaban J connectivity index is 1.21. The largest absolute Gasteiger partial charge is 0.470 e. The van der Waals surface area contributed by atoms with Gasteiger partial charge in [-0.1, -0.05) is 54.1 Å². The fourth-order valence-corrected chi connectivity index (χ4v) is 5.96. The summed E-state index contributed by atoms with van der Waals surface area (Å²) in [6, 6.07) is 14.8. The number of carbonyl (C=O) groups excluding carboxylic acids is 1. The van der Waals surface area contributed by atoms with Crippen LogP contribution in [0.3, 0.4) is 0 Å². The van der Waals surface area contributed by atoms with Gasteiger partial charge in [0.2, 0.25) is 5.91 Å². The fourth-order valence-electron chi connectivity index (χ4n) is 5.26. The average Bonchev–Trinajstić information content (AvgIpc) is 3.66. The first-order valence-electron chi connectivity index (χ1n) is 13.4. The predicted octanol–water partition coefficient (Wildman–Crippen LogP) is 2.41. The lowest BCUT2D eigenvalue weighted by Crippen LogP contribution is -2.47. The lowest BCUT2D eigenvalue weighted by atomic mass is 9.88. The van der Waals surface area contributed by atoms with Gasteiger partial charge in [-0.3, -0.25) is 18.7 Å². The van der Waals surface area contributed by atoms with E-state index in [0.717, 1.165) is 5.56 Å². The Morgan fingerprint density at radius 1 is 1.18 bits per heavy atom. The van der Waals surface area contributed by atoms with Gasteiger partial charge >= 0.3 is 7.82 Å². The summed E-state index contributed by atoms with van der Waals surface area (Å²) < 4.78 is 30.8. The lowest BCUT2D eigenvalue weighted by Gasteiger charge is -2.37. The monoisotopic (exact) mass is 646 g/mol. The van der Waals surface area contributed by atoms with Crippen LogP contribution in [0.25, 0.3) is 11.2 Å². The van der Waals surface area contributed by atoms with Gasteiger partial charge in [0.25, 0.3) is 0 Å². The number of aliphatic hydroxyl groups is 1. The zero-order chi connectivity index (χ0) is 31.1. The Labute approximate surface area is 255 Å². The zero-order valence-corrected chi connectivity index (χ0v) is 24.7. The summed E-state index contributed by atoms with van der Waals surface area (Å²) in [5.41, 5.74) is 2.71. The zero-order valence-electron chi connectivity index (χ0n) is 23.1. The summed E-state index contributed by atoms with van der Waals surface area (Å²) in [4.78, 5) is 50.6. The minimum absolute atomic E-state index is 0.124. The number of phosphoric ester groups is 1. The highest BCUT2D eigenvalue weighted by Crippen LogP contribution is 2.56. The van der Waals surface area contributed by atoms with E-state index in [0.29, 0.717) is 10.6 Å². The molecule has 4 aromatic rings. The van der Waals surface area contributed by atoms with E-state index in [1.165, 1.54) is 41.5 Å². The predicted molar refractivity (Wildman–Crippen MR) is 154 cm³/mol. The molecule has 1 unspecified atom stereocenters. The number of nitrogens with zero attached hydrogens (tertiary/aromatic N) is 4. The van der Waals surface area contributed by atoms with E-state index in [1.807, 2.05) is 30.3 Å². The van der Waals surface area contributed by atoms with Gasteiger partial charge < -0.3 is 29.7 Å². The number of rotatable bonds is 11. The van der Waals surface area contributed by atoms with Gasteiger partial charge in [-0.2, -0.15) is 5.48 Å². The van der Waals surface area contributed by atoms with Crippen molar-refractivity contribution < 1.29 is 43.1 Å². The van der Waals surface area contributed by atoms with Crippen LogP contribution < -0.4 is 10.8 Å². The standard InChI is InChI=1S/C27H28ClN6O9P/c1-15(33-41-11-16-5-3-2-4-6-16)25(36)32-23-19-24(30-13-29-23)34(14-31-19)26-20-21(35)27(42-26,12-40-20)22(43-44(37,38)39)17-7-9-18(28)10-8-17/h2-10,13-15,20-22,26,33,35H,11-12H2,1H3,(H2,37,38,39)(H,29,30,32,36)/t15-,20+,21-,22?,26+,27+/m0/s1. The van der Waals surface area contributed by atoms with Crippen molar-refractivity contribution in [1.82, 2.24) is 25.0 Å². The molecule has 6 rings (SSSR count). The van der Waals surface area contributed by atoms with Crippen molar-refractivity contribution in [2.75, 3.05) is 11.9 Å². The van der Waals surface area contributed by atoms with E-state index in [2.05, 4.69) is 25.7 Å². The van der Waals surface area contributed by atoms with Gasteiger partial charge in [-0.25, -0.2) is 19.5 Å². The molecule has 2 aromatic heterocycles. The van der Waals surface area contributed by atoms with Crippen LogP contribution in [-0.2, 0) is 34.8 Å². The second kappa shape index (κ2) is 12.2. The molecule has 0 radical (unpaired) electrons. The van der Waals surface area contributed by atoms with Crippen LogP contribution in [-0.4, -0.2) is 70.8 Å². The smallest absolute Gasteiger partial charge is 0.387 e. The summed E-state index contributed by atoms with van der Waals surface area (Å²) in [5, 5.41) is 14.4. The van der Waals surface area contributed by atoms with E-state index in [4.69, 9.17) is 30.4 Å². The van der Waals surface area contributed by atoms with Gasteiger partial charge in [0, 0.05) is 5.02 Å². The van der Waals surface area contributed by atoms with Crippen LogP contribution in [0.15, 0.2) is 67.3 Å². The number of hydrogen-bond donors (Lipinski definition) is 5. The first-order valence-corrected chi connectivity index (χ1v) is 15.3. The highest BCUT2D eigenvalue weighted by atomic mass is 35.5. The topological polar surface area (TPSA) is 199 Å². The molecule has 232 valence electrons. The fraction of sp³-hybridized carbons (Fsp3) is 0.333. The Bertz CT molecular complexity index is 1690. The minimum Gasteiger partial charge on any atom is -0.387 e. The average molecular weight is 647 g/mol. The van der Waals surface area contributed by atoms with Crippen molar-refractivity contribution in [2.24, 2.45) is 0 Å². The van der Waals surface area contributed by atoms with Crippen LogP contribution in [0.5, 0.6) is 0 Å². The molecule has 2 fully saturated rings. The minimum atomic E-state index is -5.06. The van der Waals surface area contributed by atoms with Crippen molar-refractivity contribution in [3.63, 3.8) is 0 Å². The number of nitrogens with one attached hydrogen (secondary N) is 2. The summed E-state index contributed by atoms with van der Waals surface area (Å²) in [5.74, 6) is -0.319. The molecule has 17 heteroatoms. The van der Waals surface area contributed by atoms with Crippen molar-refractivity contribution in [1.29, 1.82) is 0 Å². The second-order valence-electron chi connectivity index (χ2n) is 10.4. The lowest BCUT2D eigenvalue weighted by molar-refractivity contribution is -0.207. The van der Waals surface area contributed by atoms with Gasteiger partial charge in [0.05, 0.1) is 19.5 Å². The van der Waals surface area contributed by atoms with Gasteiger partial charge in [-0.15, -0.1) is 0 Å². The van der Waals surface area contributed by atoms with Crippen molar-refractivity contribution in [2.45, 2.75) is 49.7 Å². The summed E-state index contributed by atoms with van der Waals surface area (Å²) >= 11 is 6.01. The molecule has 0 spiro atoms. The molecular formula is C27H28ClN6O9P. The molecule has 0 aliphatic carbocycles. The maximum Gasteiger partial charge on any atom is 0.470 e. The molecule has 2 aliphatic heterocycles. The van der Waals surface area contributed by atoms with Crippen LogP contribution >= 0.6 is 19.4 Å². The van der Waals surface area contributed by atoms with Crippen molar-refractivity contribution >= 4 is 42.3 Å². The number of aliphatic hydroxyl groups excluding tert-OH is 1. The third-order valence-corrected chi connectivity index (χ3v) is 8.14. The molecule has 2 bridgehead atoms. The first-order chi connectivity index (χ1) is 21.1. The van der Waals surface area contributed by atoms with E-state index >= 15 is 0 Å². The number of fused-ring (bicyclic) bond motifs is 3. The van der Waals surface area contributed by atoms with Crippen LogP contribution in [0.2, 0.25) is 5.02 Å². The third-order valence-electron chi connectivity index (χ3n) is 7.40. The maximum atomic E-state index is 12.9. The Morgan fingerprint density at radius 3 is 2.66 bits per heavy atom. The number of hydroxylamine groups is 1. The van der Waals surface area contributed by atoms with Crippen molar-refractivity contribution in [3.8, 4) is 0 Å². The van der Waals surface area contributed by atoms with E-state index in [-0.39, 0.29) is 30.2 Å². The number of hydrogen-bond acceptors (Lipinski definition) is 11. The number of amides is 1. The van der Waals surface area contributed by atoms with E-state index < -0.39 is 49.9 Å².